The minimum absolute atomic E-state index is 0.282. The first-order chi connectivity index (χ1) is 9.86. The van der Waals surface area contributed by atoms with Gasteiger partial charge in [0.25, 0.3) is 5.56 Å². The molecule has 0 saturated carbocycles. The lowest BCUT2D eigenvalue weighted by Crippen LogP contribution is -2.32. The van der Waals surface area contributed by atoms with Gasteiger partial charge < -0.3 is 9.88 Å². The van der Waals surface area contributed by atoms with Gasteiger partial charge in [0.1, 0.15) is 6.54 Å². The molecule has 0 saturated heterocycles. The Kier molecular flexibility index (Phi) is 4.46. The van der Waals surface area contributed by atoms with Gasteiger partial charge in [0.2, 0.25) is 5.91 Å². The van der Waals surface area contributed by atoms with Crippen LogP contribution >= 0.6 is 11.3 Å². The number of pyridine rings is 1. The van der Waals surface area contributed by atoms with Gasteiger partial charge in [-0.3, -0.25) is 9.59 Å². The first-order valence-corrected chi connectivity index (χ1v) is 6.81. The second kappa shape index (κ2) is 6.13. The Morgan fingerprint density at radius 1 is 1.29 bits per heavy atom. The Morgan fingerprint density at radius 2 is 2.05 bits per heavy atom. The Bertz CT molecular complexity index is 677. The summed E-state index contributed by atoms with van der Waals surface area (Å²) in [4.78, 5) is 24.1. The molecule has 21 heavy (non-hydrogen) atoms. The Morgan fingerprint density at radius 3 is 2.67 bits per heavy atom. The van der Waals surface area contributed by atoms with Gasteiger partial charge in [-0.15, -0.1) is 11.3 Å². The highest BCUT2D eigenvalue weighted by molar-refractivity contribution is 7.09. The highest BCUT2D eigenvalue weighted by Gasteiger charge is 2.31. The third-order valence-electron chi connectivity index (χ3n) is 2.66. The number of nitrogens with zero attached hydrogens (tertiary/aromatic N) is 1. The molecule has 0 aromatic carbocycles. The molecular formula is C13H11F3N2O2S. The molecule has 112 valence electrons. The maximum Gasteiger partial charge on any atom is 0.417 e. The van der Waals surface area contributed by atoms with Gasteiger partial charge in [0.15, 0.2) is 0 Å². The molecule has 0 fully saturated rings. The molecule has 2 aromatic heterocycles. The van der Waals surface area contributed by atoms with Crippen LogP contribution in [0.1, 0.15) is 10.4 Å². The standard InChI is InChI=1S/C13H11F3N2O2S/c14-13(15,16)9-3-4-12(20)18(7-9)8-11(19)17-6-10-2-1-5-21-10/h1-5,7H,6,8H2,(H,17,19). The number of carbonyl (C=O) groups excluding carboxylic acids is 1. The van der Waals surface area contributed by atoms with E-state index in [0.29, 0.717) is 12.3 Å². The van der Waals surface area contributed by atoms with Gasteiger partial charge in [-0.25, -0.2) is 0 Å². The monoisotopic (exact) mass is 316 g/mol. The lowest BCUT2D eigenvalue weighted by molar-refractivity contribution is -0.138. The molecule has 0 unspecified atom stereocenters. The first kappa shape index (κ1) is 15.3. The number of amides is 1. The lowest BCUT2D eigenvalue weighted by Gasteiger charge is -2.10. The Hall–Kier alpha value is -2.09. The molecule has 8 heteroatoms. The van der Waals surface area contributed by atoms with Crippen LogP contribution in [0.3, 0.4) is 0 Å². The highest BCUT2D eigenvalue weighted by Crippen LogP contribution is 2.27. The van der Waals surface area contributed by atoms with Gasteiger partial charge >= 0.3 is 6.18 Å². The largest absolute Gasteiger partial charge is 0.417 e. The lowest BCUT2D eigenvalue weighted by atomic mass is 10.3. The molecule has 0 bridgehead atoms. The summed E-state index contributed by atoms with van der Waals surface area (Å²) < 4.78 is 38.4. The van der Waals surface area contributed by atoms with Crippen LogP contribution in [0.5, 0.6) is 0 Å². The molecular weight excluding hydrogens is 305 g/mol. The summed E-state index contributed by atoms with van der Waals surface area (Å²) in [5.41, 5.74) is -1.62. The van der Waals surface area contributed by atoms with E-state index in [2.05, 4.69) is 5.32 Å². The van der Waals surface area contributed by atoms with Gasteiger partial charge in [-0.1, -0.05) is 6.07 Å². The zero-order valence-electron chi connectivity index (χ0n) is 10.7. The van der Waals surface area contributed by atoms with Gasteiger partial charge in [-0.2, -0.15) is 13.2 Å². The second-order valence-electron chi connectivity index (χ2n) is 4.24. The van der Waals surface area contributed by atoms with Crippen molar-refractivity contribution in [2.75, 3.05) is 0 Å². The van der Waals surface area contributed by atoms with Crippen LogP contribution < -0.4 is 10.9 Å². The number of hydrogen-bond donors (Lipinski definition) is 1. The number of carbonyl (C=O) groups is 1. The minimum Gasteiger partial charge on any atom is -0.350 e. The first-order valence-electron chi connectivity index (χ1n) is 5.93. The van der Waals surface area contributed by atoms with E-state index in [0.717, 1.165) is 15.5 Å². The summed E-state index contributed by atoms with van der Waals surface area (Å²) in [7, 11) is 0. The summed E-state index contributed by atoms with van der Waals surface area (Å²) in [5, 5.41) is 4.40. The number of alkyl halides is 3. The summed E-state index contributed by atoms with van der Waals surface area (Å²) in [6.07, 6.45) is -3.91. The van der Waals surface area contributed by atoms with Crippen LogP contribution in [0, 0.1) is 0 Å². The van der Waals surface area contributed by atoms with Crippen molar-refractivity contribution in [2.45, 2.75) is 19.3 Å². The summed E-state index contributed by atoms with van der Waals surface area (Å²) >= 11 is 1.45. The molecule has 1 N–H and O–H groups in total. The van der Waals surface area contributed by atoms with Crippen molar-refractivity contribution < 1.29 is 18.0 Å². The molecule has 0 radical (unpaired) electrons. The normalized spacial score (nSPS) is 11.4. The van der Waals surface area contributed by atoms with Gasteiger partial charge in [0, 0.05) is 17.1 Å². The highest BCUT2D eigenvalue weighted by atomic mass is 32.1. The zero-order valence-corrected chi connectivity index (χ0v) is 11.5. The average Bonchev–Trinajstić information content (AvgIpc) is 2.91. The van der Waals surface area contributed by atoms with Crippen LogP contribution in [0.15, 0.2) is 40.6 Å². The fraction of sp³-hybridized carbons (Fsp3) is 0.231. The second-order valence-corrected chi connectivity index (χ2v) is 5.27. The van der Waals surface area contributed by atoms with E-state index >= 15 is 0 Å². The van der Waals surface area contributed by atoms with Crippen LogP contribution in [-0.2, 0) is 24.1 Å². The third-order valence-corrected chi connectivity index (χ3v) is 3.54. The minimum atomic E-state index is -4.55. The van der Waals surface area contributed by atoms with E-state index in [9.17, 15) is 22.8 Å². The number of nitrogens with one attached hydrogen (secondary N) is 1. The van der Waals surface area contributed by atoms with E-state index in [1.165, 1.54) is 11.3 Å². The Labute approximate surface area is 121 Å². The summed E-state index contributed by atoms with van der Waals surface area (Å²) in [6, 6.07) is 5.14. The predicted octanol–water partition coefficient (Wildman–Crippen LogP) is 2.25. The molecule has 4 nitrogen and oxygen atoms in total. The zero-order chi connectivity index (χ0) is 15.5. The number of hydrogen-bond acceptors (Lipinski definition) is 3. The Balaban J connectivity index is 2.04. The fourth-order valence-corrected chi connectivity index (χ4v) is 2.28. The maximum atomic E-state index is 12.6. The molecule has 0 aliphatic rings. The van der Waals surface area contributed by atoms with Gasteiger partial charge in [-0.05, 0) is 17.5 Å². The number of rotatable bonds is 4. The van der Waals surface area contributed by atoms with Crippen LogP contribution in [0.2, 0.25) is 0 Å². The van der Waals surface area contributed by atoms with E-state index in [1.807, 2.05) is 17.5 Å². The van der Waals surface area contributed by atoms with E-state index < -0.39 is 29.8 Å². The van der Waals surface area contributed by atoms with E-state index in [1.54, 1.807) is 0 Å². The third kappa shape index (κ3) is 4.19. The maximum absolute atomic E-state index is 12.6. The van der Waals surface area contributed by atoms with Crippen LogP contribution in [0.4, 0.5) is 13.2 Å². The van der Waals surface area contributed by atoms with E-state index in [4.69, 9.17) is 0 Å². The molecule has 2 heterocycles. The van der Waals surface area contributed by atoms with E-state index in [-0.39, 0.29) is 6.54 Å². The van der Waals surface area contributed by atoms with Crippen molar-refractivity contribution in [1.29, 1.82) is 0 Å². The molecule has 0 aliphatic heterocycles. The van der Waals surface area contributed by atoms with Crippen molar-refractivity contribution in [3.05, 3.63) is 56.6 Å². The van der Waals surface area contributed by atoms with Gasteiger partial charge in [0.05, 0.1) is 12.1 Å². The molecule has 1 amide bonds. The van der Waals surface area contributed by atoms with Crippen molar-refractivity contribution >= 4 is 17.2 Å². The molecule has 0 spiro atoms. The molecule has 2 aromatic rings. The fourth-order valence-electron chi connectivity index (χ4n) is 1.63. The number of thiophene rings is 1. The SMILES string of the molecule is O=C(Cn1cc(C(F)(F)F)ccc1=O)NCc1cccs1. The van der Waals surface area contributed by atoms with Crippen LogP contribution in [0.25, 0.3) is 0 Å². The van der Waals surface area contributed by atoms with Crippen LogP contribution in [-0.4, -0.2) is 10.5 Å². The quantitative estimate of drug-likeness (QED) is 0.940. The molecule has 0 aliphatic carbocycles. The van der Waals surface area contributed by atoms with Crippen molar-refractivity contribution in [3.63, 3.8) is 0 Å². The summed E-state index contributed by atoms with van der Waals surface area (Å²) in [5.74, 6) is -0.523. The summed E-state index contributed by atoms with van der Waals surface area (Å²) in [6.45, 7) is -0.168. The molecule has 2 rings (SSSR count). The smallest absolute Gasteiger partial charge is 0.350 e. The van der Waals surface area contributed by atoms with Crippen molar-refractivity contribution in [3.8, 4) is 0 Å². The number of aromatic nitrogens is 1. The topological polar surface area (TPSA) is 51.1 Å². The number of halogens is 3. The predicted molar refractivity (Wildman–Crippen MR) is 71.9 cm³/mol. The average molecular weight is 316 g/mol. The van der Waals surface area contributed by atoms with Crippen molar-refractivity contribution in [1.82, 2.24) is 9.88 Å². The van der Waals surface area contributed by atoms with Crippen molar-refractivity contribution in [2.24, 2.45) is 0 Å². The molecule has 0 atom stereocenters.